The summed E-state index contributed by atoms with van der Waals surface area (Å²) in [7, 11) is 0. The molecular formula is C14H21N. The maximum Gasteiger partial charge on any atom is 0.0352 e. The van der Waals surface area contributed by atoms with Crippen molar-refractivity contribution in [2.24, 2.45) is 5.92 Å². The molecule has 1 saturated carbocycles. The van der Waals surface area contributed by atoms with E-state index in [2.05, 4.69) is 32.0 Å². The molecule has 0 spiro atoms. The predicted octanol–water partition coefficient (Wildman–Crippen LogP) is 3.87. The van der Waals surface area contributed by atoms with Crippen LogP contribution in [-0.4, -0.2) is 0 Å². The average molecular weight is 203 g/mol. The van der Waals surface area contributed by atoms with Crippen molar-refractivity contribution in [2.75, 3.05) is 5.73 Å². The molecule has 0 aromatic heterocycles. The Labute approximate surface area is 92.7 Å². The lowest BCUT2D eigenvalue weighted by molar-refractivity contribution is 0.344. The Morgan fingerprint density at radius 1 is 1.27 bits per heavy atom. The molecule has 2 unspecified atom stereocenters. The van der Waals surface area contributed by atoms with E-state index in [9.17, 15) is 0 Å². The molecule has 1 nitrogen and oxygen atoms in total. The number of aryl methyl sites for hydroxylation is 1. The van der Waals surface area contributed by atoms with Gasteiger partial charge < -0.3 is 5.73 Å². The third-order valence-corrected chi connectivity index (χ3v) is 3.62. The molecule has 1 fully saturated rings. The van der Waals surface area contributed by atoms with Crippen LogP contribution < -0.4 is 5.73 Å². The maximum atomic E-state index is 6.10. The Kier molecular flexibility index (Phi) is 2.99. The molecule has 2 rings (SSSR count). The van der Waals surface area contributed by atoms with E-state index in [-0.39, 0.29) is 0 Å². The van der Waals surface area contributed by atoms with Crippen molar-refractivity contribution >= 4 is 5.69 Å². The maximum absolute atomic E-state index is 6.10. The van der Waals surface area contributed by atoms with Gasteiger partial charge in [-0.1, -0.05) is 31.9 Å². The summed E-state index contributed by atoms with van der Waals surface area (Å²) in [6.07, 6.45) is 5.38. The predicted molar refractivity (Wildman–Crippen MR) is 66.0 cm³/mol. The quantitative estimate of drug-likeness (QED) is 0.689. The van der Waals surface area contributed by atoms with Gasteiger partial charge in [-0.05, 0) is 48.8 Å². The van der Waals surface area contributed by atoms with Crippen molar-refractivity contribution in [1.82, 2.24) is 0 Å². The SMILES string of the molecule is Cc1ccc(C2CCCC(C)C2)c(N)c1. The van der Waals surface area contributed by atoms with Crippen LogP contribution >= 0.6 is 0 Å². The summed E-state index contributed by atoms with van der Waals surface area (Å²) >= 11 is 0. The second kappa shape index (κ2) is 4.26. The number of anilines is 1. The first-order valence-electron chi connectivity index (χ1n) is 6.03. The van der Waals surface area contributed by atoms with E-state index >= 15 is 0 Å². The normalized spacial score (nSPS) is 26.5. The zero-order valence-electron chi connectivity index (χ0n) is 9.79. The van der Waals surface area contributed by atoms with Crippen LogP contribution in [0.1, 0.15) is 49.7 Å². The van der Waals surface area contributed by atoms with Gasteiger partial charge in [-0.3, -0.25) is 0 Å². The topological polar surface area (TPSA) is 26.0 Å². The number of nitrogen functional groups attached to an aromatic ring is 1. The summed E-state index contributed by atoms with van der Waals surface area (Å²) in [4.78, 5) is 0. The van der Waals surface area contributed by atoms with Gasteiger partial charge in [0.25, 0.3) is 0 Å². The molecule has 2 atom stereocenters. The lowest BCUT2D eigenvalue weighted by Gasteiger charge is -2.28. The molecule has 1 aliphatic carbocycles. The summed E-state index contributed by atoms with van der Waals surface area (Å²) in [6, 6.07) is 6.52. The molecule has 0 radical (unpaired) electrons. The van der Waals surface area contributed by atoms with Crippen LogP contribution in [0.4, 0.5) is 5.69 Å². The molecule has 0 saturated heterocycles. The minimum Gasteiger partial charge on any atom is -0.398 e. The van der Waals surface area contributed by atoms with Gasteiger partial charge >= 0.3 is 0 Å². The summed E-state index contributed by atoms with van der Waals surface area (Å²) in [5.74, 6) is 1.57. The zero-order valence-corrected chi connectivity index (χ0v) is 9.79. The second-order valence-corrected chi connectivity index (χ2v) is 5.10. The van der Waals surface area contributed by atoms with Crippen LogP contribution in [0.3, 0.4) is 0 Å². The Balaban J connectivity index is 2.21. The number of hydrogen-bond donors (Lipinski definition) is 1. The molecule has 1 aliphatic rings. The Morgan fingerprint density at radius 3 is 2.73 bits per heavy atom. The fraction of sp³-hybridized carbons (Fsp3) is 0.571. The van der Waals surface area contributed by atoms with Gasteiger partial charge in [-0.15, -0.1) is 0 Å². The molecule has 2 N–H and O–H groups in total. The highest BCUT2D eigenvalue weighted by atomic mass is 14.6. The standard InChI is InChI=1S/C14H21N/c1-10-4-3-5-12(8-10)13-7-6-11(2)9-14(13)15/h6-7,9-10,12H,3-5,8,15H2,1-2H3. The van der Waals surface area contributed by atoms with Crippen LogP contribution in [0.5, 0.6) is 0 Å². The van der Waals surface area contributed by atoms with Gasteiger partial charge in [0.05, 0.1) is 0 Å². The van der Waals surface area contributed by atoms with Crippen molar-refractivity contribution < 1.29 is 0 Å². The summed E-state index contributed by atoms with van der Waals surface area (Å²) in [6.45, 7) is 4.46. The van der Waals surface area contributed by atoms with Gasteiger partial charge in [0.1, 0.15) is 0 Å². The van der Waals surface area contributed by atoms with Crippen LogP contribution in [-0.2, 0) is 0 Å². The molecular weight excluding hydrogens is 182 g/mol. The fourth-order valence-electron chi connectivity index (χ4n) is 2.78. The third kappa shape index (κ3) is 2.34. The minimum atomic E-state index is 0.703. The lowest BCUT2D eigenvalue weighted by Crippen LogP contribution is -2.13. The van der Waals surface area contributed by atoms with Gasteiger partial charge in [0, 0.05) is 5.69 Å². The minimum absolute atomic E-state index is 0.703. The monoisotopic (exact) mass is 203 g/mol. The van der Waals surface area contributed by atoms with E-state index in [0.29, 0.717) is 5.92 Å². The van der Waals surface area contributed by atoms with Crippen molar-refractivity contribution in [3.05, 3.63) is 29.3 Å². The van der Waals surface area contributed by atoms with Crippen LogP contribution in [0.25, 0.3) is 0 Å². The van der Waals surface area contributed by atoms with E-state index in [1.165, 1.54) is 36.8 Å². The number of hydrogen-bond acceptors (Lipinski definition) is 1. The van der Waals surface area contributed by atoms with Gasteiger partial charge in [0.15, 0.2) is 0 Å². The molecule has 0 amide bonds. The Bertz CT molecular complexity index is 343. The smallest absolute Gasteiger partial charge is 0.0352 e. The highest BCUT2D eigenvalue weighted by Gasteiger charge is 2.21. The molecule has 0 bridgehead atoms. The largest absolute Gasteiger partial charge is 0.398 e. The first-order valence-corrected chi connectivity index (χ1v) is 6.03. The highest BCUT2D eigenvalue weighted by Crippen LogP contribution is 2.38. The first-order chi connectivity index (χ1) is 7.16. The first kappa shape index (κ1) is 10.5. The van der Waals surface area contributed by atoms with E-state index in [1.54, 1.807) is 0 Å². The molecule has 1 aromatic rings. The van der Waals surface area contributed by atoms with Crippen LogP contribution in [0, 0.1) is 12.8 Å². The second-order valence-electron chi connectivity index (χ2n) is 5.10. The van der Waals surface area contributed by atoms with E-state index < -0.39 is 0 Å². The van der Waals surface area contributed by atoms with Crippen LogP contribution in [0.2, 0.25) is 0 Å². The van der Waals surface area contributed by atoms with E-state index in [4.69, 9.17) is 5.73 Å². The van der Waals surface area contributed by atoms with E-state index in [0.717, 1.165) is 11.6 Å². The molecule has 1 heteroatoms. The van der Waals surface area contributed by atoms with E-state index in [1.807, 2.05) is 0 Å². The third-order valence-electron chi connectivity index (χ3n) is 3.62. The number of nitrogens with two attached hydrogens (primary N) is 1. The van der Waals surface area contributed by atoms with Crippen LogP contribution in [0.15, 0.2) is 18.2 Å². The molecule has 0 heterocycles. The van der Waals surface area contributed by atoms with Crippen molar-refractivity contribution in [2.45, 2.75) is 45.4 Å². The summed E-state index contributed by atoms with van der Waals surface area (Å²) < 4.78 is 0. The van der Waals surface area contributed by atoms with Crippen molar-refractivity contribution in [3.8, 4) is 0 Å². The molecule has 82 valence electrons. The zero-order chi connectivity index (χ0) is 10.8. The lowest BCUT2D eigenvalue weighted by atomic mass is 9.78. The molecule has 0 aliphatic heterocycles. The van der Waals surface area contributed by atoms with Gasteiger partial charge in [0.2, 0.25) is 0 Å². The van der Waals surface area contributed by atoms with Crippen molar-refractivity contribution in [1.29, 1.82) is 0 Å². The highest BCUT2D eigenvalue weighted by molar-refractivity contribution is 5.50. The molecule has 15 heavy (non-hydrogen) atoms. The van der Waals surface area contributed by atoms with Gasteiger partial charge in [-0.25, -0.2) is 0 Å². The summed E-state index contributed by atoms with van der Waals surface area (Å²) in [5.41, 5.74) is 9.74. The summed E-state index contributed by atoms with van der Waals surface area (Å²) in [5, 5.41) is 0. The average Bonchev–Trinajstić information content (AvgIpc) is 2.17. The van der Waals surface area contributed by atoms with Crippen molar-refractivity contribution in [3.63, 3.8) is 0 Å². The molecule has 1 aromatic carbocycles. The number of rotatable bonds is 1. The number of benzene rings is 1. The Morgan fingerprint density at radius 2 is 2.07 bits per heavy atom. The van der Waals surface area contributed by atoms with Gasteiger partial charge in [-0.2, -0.15) is 0 Å². The fourth-order valence-corrected chi connectivity index (χ4v) is 2.78. The Hall–Kier alpha value is -0.980.